The van der Waals surface area contributed by atoms with Gasteiger partial charge in [-0.05, 0) is 169 Å². The first-order valence-electron chi connectivity index (χ1n) is 24.4. The topological polar surface area (TPSA) is 12.5 Å². The molecule has 10 aliphatic rings. The van der Waals surface area contributed by atoms with E-state index in [1.165, 1.54) is 89.9 Å². The Morgan fingerprint density at radius 3 is 1.39 bits per heavy atom. The molecule has 8 aliphatic carbocycles. The van der Waals surface area contributed by atoms with Crippen LogP contribution in [0.2, 0.25) is 0 Å². The lowest BCUT2D eigenvalue weighted by molar-refractivity contribution is -0.0172. The third-order valence-corrected chi connectivity index (χ3v) is 21.1. The van der Waals surface area contributed by atoms with E-state index in [4.69, 9.17) is 4.74 Å². The first-order chi connectivity index (χ1) is 25.3. The number of nitrogens with zero attached hydrogens (tertiary/aromatic N) is 1. The number of ether oxygens (including phenoxy) is 1. The minimum Gasteiger partial charge on any atom is -0.374 e. The van der Waals surface area contributed by atoms with E-state index >= 15 is 0 Å². The average Bonchev–Trinajstić information content (AvgIpc) is 3.78. The number of hydrogen-bond acceptors (Lipinski definition) is 3. The molecule has 0 aromatic rings. The van der Waals surface area contributed by atoms with E-state index in [2.05, 4.69) is 16.7 Å². The highest BCUT2D eigenvalue weighted by Crippen LogP contribution is 2.62. The van der Waals surface area contributed by atoms with Gasteiger partial charge in [-0.2, -0.15) is 11.8 Å². The second-order valence-corrected chi connectivity index (χ2v) is 22.6. The molecule has 0 bridgehead atoms. The van der Waals surface area contributed by atoms with Crippen LogP contribution in [0.3, 0.4) is 0 Å². The van der Waals surface area contributed by atoms with E-state index in [-0.39, 0.29) is 0 Å². The normalized spacial score (nSPS) is 49.9. The fourth-order valence-corrected chi connectivity index (χ4v) is 19.2. The molecule has 2 saturated heterocycles. The molecular weight excluding hydrogens is 639 g/mol. The van der Waals surface area contributed by atoms with Crippen molar-refractivity contribution in [2.75, 3.05) is 0 Å². The summed E-state index contributed by atoms with van der Waals surface area (Å²) < 4.78 is 6.93. The van der Waals surface area contributed by atoms with Crippen molar-refractivity contribution in [3.8, 4) is 0 Å². The molecule has 0 spiro atoms. The Labute approximate surface area is 319 Å². The van der Waals surface area contributed by atoms with Gasteiger partial charge in [0.25, 0.3) is 0 Å². The summed E-state index contributed by atoms with van der Waals surface area (Å²) >= 11 is 2.61. The molecule has 8 saturated carbocycles. The second kappa shape index (κ2) is 16.0. The molecule has 0 aromatic carbocycles. The third-order valence-electron chi connectivity index (χ3n) is 19.1. The van der Waals surface area contributed by atoms with Gasteiger partial charge in [-0.1, -0.05) is 83.5 Å². The summed E-state index contributed by atoms with van der Waals surface area (Å²) in [6.45, 7) is 0. The molecule has 0 radical (unpaired) electrons. The fraction of sp³-hybridized carbons (Fsp3) is 1.00. The fourth-order valence-electron chi connectivity index (χ4n) is 16.7. The van der Waals surface area contributed by atoms with E-state index in [1.54, 1.807) is 109 Å². The lowest BCUT2D eigenvalue weighted by Crippen LogP contribution is -2.57. The zero-order valence-electron chi connectivity index (χ0n) is 33.0. The molecule has 0 amide bonds. The maximum atomic E-state index is 6.93. The number of hydrogen-bond donors (Lipinski definition) is 0. The van der Waals surface area contributed by atoms with Crippen molar-refractivity contribution in [3.05, 3.63) is 0 Å². The van der Waals surface area contributed by atoms with Gasteiger partial charge in [0.1, 0.15) is 0 Å². The molecule has 0 N–H and O–H groups in total. The lowest BCUT2D eigenvalue weighted by Gasteiger charge is -2.52. The Bertz CT molecular complexity index is 1110. The zero-order valence-corrected chi connectivity index (χ0v) is 33.8. The average molecular weight is 718 g/mol. The standard InChI is InChI=1S/C48H79NOS/c1-3-10-32(11-4-1)34-18-20-35(21-19-34)37-24-28-39(29-25-37)49(38-26-22-36(23-27-38)33-12-5-2-6-13-33)43-16-9-15-40-41-30-31-45-46(48(41)51-47(40)43)42-14-7-8-17-44(42)50-45/h32-48H,1-31H2. The van der Waals surface area contributed by atoms with E-state index in [0.29, 0.717) is 12.2 Å². The van der Waals surface area contributed by atoms with Gasteiger partial charge in [0.2, 0.25) is 0 Å². The van der Waals surface area contributed by atoms with Gasteiger partial charge in [-0.15, -0.1) is 0 Å². The van der Waals surface area contributed by atoms with Gasteiger partial charge in [-0.3, -0.25) is 4.90 Å². The molecule has 2 nitrogen and oxygen atoms in total. The van der Waals surface area contributed by atoms with Crippen molar-refractivity contribution in [2.24, 2.45) is 59.2 Å². The number of rotatable bonds is 6. The van der Waals surface area contributed by atoms with Crippen LogP contribution in [0, 0.1) is 59.2 Å². The van der Waals surface area contributed by atoms with Gasteiger partial charge in [-0.25, -0.2) is 0 Å². The predicted molar refractivity (Wildman–Crippen MR) is 215 cm³/mol. The monoisotopic (exact) mass is 718 g/mol. The van der Waals surface area contributed by atoms with Crippen LogP contribution < -0.4 is 0 Å². The molecule has 10 rings (SSSR count). The van der Waals surface area contributed by atoms with Gasteiger partial charge >= 0.3 is 0 Å². The molecule has 10 fully saturated rings. The molecule has 51 heavy (non-hydrogen) atoms. The van der Waals surface area contributed by atoms with Crippen LogP contribution in [0.25, 0.3) is 0 Å². The summed E-state index contributed by atoms with van der Waals surface area (Å²) in [5, 5.41) is 1.86. The SMILES string of the molecule is C1CCC(C2CCC(C3CCC(N(C4CCC(C5CCCCC5)CC4)C4CCCC5C6CCC7OC8CCCCC8C7C6SC54)CC3)CC2)CC1. The zero-order chi connectivity index (χ0) is 33.7. The van der Waals surface area contributed by atoms with Crippen LogP contribution >= 0.6 is 11.8 Å². The Balaban J connectivity index is 0.838. The predicted octanol–water partition coefficient (Wildman–Crippen LogP) is 13.0. The summed E-state index contributed by atoms with van der Waals surface area (Å²) in [7, 11) is 0. The van der Waals surface area contributed by atoms with Crippen LogP contribution in [0.5, 0.6) is 0 Å². The minimum atomic E-state index is 0.615. The first kappa shape index (κ1) is 35.7. The summed E-state index contributed by atoms with van der Waals surface area (Å²) in [5.41, 5.74) is 0. The molecule has 2 heterocycles. The Morgan fingerprint density at radius 1 is 0.333 bits per heavy atom. The van der Waals surface area contributed by atoms with E-state index < -0.39 is 0 Å². The van der Waals surface area contributed by atoms with Crippen molar-refractivity contribution in [3.63, 3.8) is 0 Å². The molecule has 2 aliphatic heterocycles. The maximum Gasteiger partial charge on any atom is 0.0621 e. The van der Waals surface area contributed by atoms with Gasteiger partial charge < -0.3 is 4.74 Å². The largest absolute Gasteiger partial charge is 0.374 e. The summed E-state index contributed by atoms with van der Waals surface area (Å²) in [4.78, 5) is 3.42. The van der Waals surface area contributed by atoms with Crippen LogP contribution in [0.1, 0.15) is 199 Å². The maximum absolute atomic E-state index is 6.93. The van der Waals surface area contributed by atoms with Gasteiger partial charge in [0, 0.05) is 34.5 Å². The van der Waals surface area contributed by atoms with Crippen molar-refractivity contribution in [1.29, 1.82) is 0 Å². The van der Waals surface area contributed by atoms with Crippen LogP contribution in [-0.2, 0) is 4.74 Å². The van der Waals surface area contributed by atoms with Crippen molar-refractivity contribution in [1.82, 2.24) is 4.90 Å². The third kappa shape index (κ3) is 7.12. The highest BCUT2D eigenvalue weighted by Gasteiger charge is 2.60. The van der Waals surface area contributed by atoms with Gasteiger partial charge in [0.15, 0.2) is 0 Å². The highest BCUT2D eigenvalue weighted by molar-refractivity contribution is 8.00. The van der Waals surface area contributed by atoms with E-state index in [1.807, 2.05) is 0 Å². The minimum absolute atomic E-state index is 0.615. The smallest absolute Gasteiger partial charge is 0.0621 e. The molecular formula is C48H79NOS. The van der Waals surface area contributed by atoms with Crippen LogP contribution in [0.4, 0.5) is 0 Å². The molecule has 9 atom stereocenters. The Kier molecular flexibility index (Phi) is 11.2. The summed E-state index contributed by atoms with van der Waals surface area (Å²) in [6, 6.07) is 2.67. The Morgan fingerprint density at radius 2 is 0.804 bits per heavy atom. The van der Waals surface area contributed by atoms with Crippen LogP contribution in [-0.4, -0.2) is 45.7 Å². The molecule has 3 heteroatoms. The van der Waals surface area contributed by atoms with Crippen molar-refractivity contribution >= 4 is 11.8 Å². The number of fused-ring (bicyclic) bond motifs is 7. The van der Waals surface area contributed by atoms with Gasteiger partial charge in [0.05, 0.1) is 12.2 Å². The van der Waals surface area contributed by atoms with Crippen LogP contribution in [0.15, 0.2) is 0 Å². The van der Waals surface area contributed by atoms with Crippen molar-refractivity contribution in [2.45, 2.75) is 240 Å². The summed E-state index contributed by atoms with van der Waals surface area (Å²) in [5.74, 6) is 10.3. The molecule has 9 unspecified atom stereocenters. The lowest BCUT2D eigenvalue weighted by atomic mass is 9.64. The van der Waals surface area contributed by atoms with E-state index in [0.717, 1.165) is 87.8 Å². The van der Waals surface area contributed by atoms with E-state index in [9.17, 15) is 0 Å². The quantitative estimate of drug-likeness (QED) is 0.271. The highest BCUT2D eigenvalue weighted by atomic mass is 32.2. The van der Waals surface area contributed by atoms with Crippen molar-refractivity contribution < 1.29 is 4.74 Å². The number of thioether (sulfide) groups is 1. The Hall–Kier alpha value is 0.270. The summed E-state index contributed by atoms with van der Waals surface area (Å²) in [6.07, 6.45) is 48.7. The molecule has 0 aromatic heterocycles. The first-order valence-corrected chi connectivity index (χ1v) is 25.3. The molecule has 288 valence electrons. The second-order valence-electron chi connectivity index (χ2n) is 21.3.